The average Bonchev–Trinajstić information content (AvgIpc) is 3.09. The zero-order valence-electron chi connectivity index (χ0n) is 13.2. The molecule has 2 aromatic rings. The molecule has 0 bridgehead atoms. The Morgan fingerprint density at radius 1 is 1.00 bits per heavy atom. The van der Waals surface area contributed by atoms with E-state index in [2.05, 4.69) is 10.2 Å². The summed E-state index contributed by atoms with van der Waals surface area (Å²) in [4.78, 5) is 14.5. The zero-order valence-corrected chi connectivity index (χ0v) is 13.2. The number of benzene rings is 2. The quantitative estimate of drug-likeness (QED) is 0.879. The third kappa shape index (κ3) is 4.57. The summed E-state index contributed by atoms with van der Waals surface area (Å²) in [6.45, 7) is 3.05. The Morgan fingerprint density at radius 2 is 1.70 bits per heavy atom. The van der Waals surface area contributed by atoms with Gasteiger partial charge in [-0.25, -0.2) is 0 Å². The molecule has 120 valence electrons. The molecular weight excluding hydrogens is 288 g/mol. The first-order chi connectivity index (χ1) is 11.3. The summed E-state index contributed by atoms with van der Waals surface area (Å²) in [6.07, 6.45) is 3.00. The van der Waals surface area contributed by atoms with Gasteiger partial charge in [-0.15, -0.1) is 0 Å². The fourth-order valence-electron chi connectivity index (χ4n) is 2.75. The molecule has 0 radical (unpaired) electrons. The van der Waals surface area contributed by atoms with Crippen molar-refractivity contribution in [3.05, 3.63) is 54.6 Å². The highest BCUT2D eigenvalue weighted by molar-refractivity contribution is 5.92. The van der Waals surface area contributed by atoms with Crippen molar-refractivity contribution in [3.63, 3.8) is 0 Å². The van der Waals surface area contributed by atoms with Crippen LogP contribution in [-0.4, -0.2) is 30.4 Å². The van der Waals surface area contributed by atoms with Crippen LogP contribution in [0, 0.1) is 0 Å². The van der Waals surface area contributed by atoms with E-state index in [0.29, 0.717) is 17.9 Å². The molecule has 1 saturated heterocycles. The molecule has 0 aliphatic carbocycles. The van der Waals surface area contributed by atoms with Crippen molar-refractivity contribution in [2.45, 2.75) is 19.3 Å². The zero-order chi connectivity index (χ0) is 15.9. The first kappa shape index (κ1) is 15.6. The van der Waals surface area contributed by atoms with Crippen molar-refractivity contribution < 1.29 is 9.53 Å². The monoisotopic (exact) mass is 310 g/mol. The summed E-state index contributed by atoms with van der Waals surface area (Å²) >= 11 is 0. The lowest BCUT2D eigenvalue weighted by Crippen LogP contribution is -2.25. The SMILES string of the molecule is O=C(CCN1CCCC1)Nc1ccccc1Oc1ccccc1. The van der Waals surface area contributed by atoms with Gasteiger partial charge >= 0.3 is 0 Å². The molecule has 0 spiro atoms. The minimum absolute atomic E-state index is 0.0287. The van der Waals surface area contributed by atoms with Gasteiger partial charge in [0.2, 0.25) is 5.91 Å². The molecule has 0 aromatic heterocycles. The van der Waals surface area contributed by atoms with E-state index < -0.39 is 0 Å². The van der Waals surface area contributed by atoms with Gasteiger partial charge in [0.15, 0.2) is 5.75 Å². The van der Waals surface area contributed by atoms with Gasteiger partial charge in [0.25, 0.3) is 0 Å². The third-order valence-corrected chi connectivity index (χ3v) is 3.99. The summed E-state index contributed by atoms with van der Waals surface area (Å²) in [6, 6.07) is 17.1. The first-order valence-corrected chi connectivity index (χ1v) is 8.15. The number of nitrogens with zero attached hydrogens (tertiary/aromatic N) is 1. The summed E-state index contributed by atoms with van der Waals surface area (Å²) in [5.74, 6) is 1.44. The van der Waals surface area contributed by atoms with E-state index in [9.17, 15) is 4.79 Å². The number of carbonyl (C=O) groups is 1. The molecule has 4 heteroatoms. The van der Waals surface area contributed by atoms with Gasteiger partial charge in [-0.05, 0) is 50.2 Å². The van der Waals surface area contributed by atoms with Crippen molar-refractivity contribution in [2.75, 3.05) is 25.0 Å². The van der Waals surface area contributed by atoms with Gasteiger partial charge in [0.1, 0.15) is 5.75 Å². The van der Waals surface area contributed by atoms with Crippen molar-refractivity contribution >= 4 is 11.6 Å². The highest BCUT2D eigenvalue weighted by Crippen LogP contribution is 2.29. The molecule has 1 amide bonds. The lowest BCUT2D eigenvalue weighted by Gasteiger charge is -2.15. The van der Waals surface area contributed by atoms with E-state index in [1.54, 1.807) is 0 Å². The molecule has 1 aliphatic rings. The van der Waals surface area contributed by atoms with Crippen LogP contribution in [0.1, 0.15) is 19.3 Å². The van der Waals surface area contributed by atoms with Crippen LogP contribution >= 0.6 is 0 Å². The second-order valence-electron chi connectivity index (χ2n) is 5.76. The number of rotatable bonds is 6. The van der Waals surface area contributed by atoms with Gasteiger partial charge < -0.3 is 15.0 Å². The van der Waals surface area contributed by atoms with Crippen LogP contribution in [0.3, 0.4) is 0 Å². The van der Waals surface area contributed by atoms with Crippen LogP contribution in [0.2, 0.25) is 0 Å². The molecule has 3 rings (SSSR count). The Kier molecular flexibility index (Phi) is 5.27. The van der Waals surface area contributed by atoms with Crippen molar-refractivity contribution in [1.82, 2.24) is 4.90 Å². The number of ether oxygens (including phenoxy) is 1. The largest absolute Gasteiger partial charge is 0.455 e. The van der Waals surface area contributed by atoms with Gasteiger partial charge in [-0.1, -0.05) is 30.3 Å². The van der Waals surface area contributed by atoms with Crippen LogP contribution in [-0.2, 0) is 4.79 Å². The molecule has 1 fully saturated rings. The predicted octanol–water partition coefficient (Wildman–Crippen LogP) is 3.90. The predicted molar refractivity (Wildman–Crippen MR) is 91.9 cm³/mol. The Morgan fingerprint density at radius 3 is 2.48 bits per heavy atom. The number of anilines is 1. The van der Waals surface area contributed by atoms with E-state index in [1.165, 1.54) is 12.8 Å². The molecule has 0 saturated carbocycles. The van der Waals surface area contributed by atoms with E-state index in [1.807, 2.05) is 54.6 Å². The minimum atomic E-state index is 0.0287. The Bertz CT molecular complexity index is 637. The van der Waals surface area contributed by atoms with Crippen molar-refractivity contribution in [3.8, 4) is 11.5 Å². The smallest absolute Gasteiger partial charge is 0.225 e. The number of hydrogen-bond acceptors (Lipinski definition) is 3. The summed E-state index contributed by atoms with van der Waals surface area (Å²) in [5.41, 5.74) is 0.711. The Balaban J connectivity index is 1.59. The highest BCUT2D eigenvalue weighted by Gasteiger charge is 2.14. The third-order valence-electron chi connectivity index (χ3n) is 3.99. The van der Waals surface area contributed by atoms with E-state index in [-0.39, 0.29) is 5.91 Å². The number of carbonyl (C=O) groups excluding carboxylic acids is 1. The second kappa shape index (κ2) is 7.79. The van der Waals surface area contributed by atoms with Crippen LogP contribution in [0.4, 0.5) is 5.69 Å². The van der Waals surface area contributed by atoms with Crippen LogP contribution in [0.25, 0.3) is 0 Å². The molecular formula is C19H22N2O2. The molecule has 1 N–H and O–H groups in total. The molecule has 1 heterocycles. The van der Waals surface area contributed by atoms with E-state index in [0.717, 1.165) is 25.4 Å². The van der Waals surface area contributed by atoms with Crippen LogP contribution in [0.5, 0.6) is 11.5 Å². The minimum Gasteiger partial charge on any atom is -0.455 e. The van der Waals surface area contributed by atoms with Crippen LogP contribution in [0.15, 0.2) is 54.6 Å². The lowest BCUT2D eigenvalue weighted by molar-refractivity contribution is -0.116. The maximum absolute atomic E-state index is 12.2. The standard InChI is InChI=1S/C19H22N2O2/c22-19(12-15-21-13-6-7-14-21)20-17-10-4-5-11-18(17)23-16-8-2-1-3-9-16/h1-5,8-11H,6-7,12-15H2,(H,20,22). The average molecular weight is 310 g/mol. The number of likely N-dealkylation sites (tertiary alicyclic amines) is 1. The first-order valence-electron chi connectivity index (χ1n) is 8.15. The normalized spacial score (nSPS) is 14.6. The maximum Gasteiger partial charge on any atom is 0.225 e. The lowest BCUT2D eigenvalue weighted by atomic mass is 10.2. The second-order valence-corrected chi connectivity index (χ2v) is 5.76. The van der Waals surface area contributed by atoms with Crippen molar-refractivity contribution in [1.29, 1.82) is 0 Å². The number of nitrogens with one attached hydrogen (secondary N) is 1. The van der Waals surface area contributed by atoms with Crippen LogP contribution < -0.4 is 10.1 Å². The Labute approximate surface area is 137 Å². The number of hydrogen-bond donors (Lipinski definition) is 1. The van der Waals surface area contributed by atoms with Gasteiger partial charge in [-0.2, -0.15) is 0 Å². The van der Waals surface area contributed by atoms with E-state index in [4.69, 9.17) is 4.74 Å². The summed E-state index contributed by atoms with van der Waals surface area (Å²) in [5, 5.41) is 2.96. The fourth-order valence-corrected chi connectivity index (χ4v) is 2.75. The maximum atomic E-state index is 12.2. The highest BCUT2D eigenvalue weighted by atomic mass is 16.5. The van der Waals surface area contributed by atoms with Gasteiger partial charge in [-0.3, -0.25) is 4.79 Å². The summed E-state index contributed by atoms with van der Waals surface area (Å²) in [7, 11) is 0. The molecule has 4 nitrogen and oxygen atoms in total. The molecule has 2 aromatic carbocycles. The Hall–Kier alpha value is -2.33. The molecule has 0 atom stereocenters. The van der Waals surface area contributed by atoms with Crippen molar-refractivity contribution in [2.24, 2.45) is 0 Å². The fraction of sp³-hybridized carbons (Fsp3) is 0.316. The molecule has 0 unspecified atom stereocenters. The van der Waals surface area contributed by atoms with E-state index >= 15 is 0 Å². The number of para-hydroxylation sites is 3. The summed E-state index contributed by atoms with van der Waals surface area (Å²) < 4.78 is 5.86. The van der Waals surface area contributed by atoms with Gasteiger partial charge in [0, 0.05) is 13.0 Å². The molecule has 23 heavy (non-hydrogen) atoms. The topological polar surface area (TPSA) is 41.6 Å². The van der Waals surface area contributed by atoms with Gasteiger partial charge in [0.05, 0.1) is 5.69 Å². The molecule has 1 aliphatic heterocycles. The number of amides is 1.